The Hall–Kier alpha value is -2.95. The van der Waals surface area contributed by atoms with E-state index in [0.717, 1.165) is 4.68 Å². The van der Waals surface area contributed by atoms with Gasteiger partial charge in [-0.3, -0.25) is 14.9 Å². The first-order valence-corrected chi connectivity index (χ1v) is 9.78. The second-order valence-corrected chi connectivity index (χ2v) is 6.31. The highest BCUT2D eigenvalue weighted by Gasteiger charge is 2.22. The van der Waals surface area contributed by atoms with Crippen LogP contribution in [0.4, 0.5) is 5.69 Å². The normalized spacial score (nSPS) is 11.0. The van der Waals surface area contributed by atoms with Crippen LogP contribution in [-0.4, -0.2) is 45.5 Å². The number of rotatable bonds is 9. The molecule has 0 radical (unpaired) electrons. The fourth-order valence-electron chi connectivity index (χ4n) is 2.23. The Balaban J connectivity index is 2.55. The second kappa shape index (κ2) is 9.83. The number of ether oxygens (including phenoxy) is 2. The van der Waals surface area contributed by atoms with Gasteiger partial charge in [-0.25, -0.2) is 0 Å². The van der Waals surface area contributed by atoms with Crippen molar-refractivity contribution in [2.45, 2.75) is 32.3 Å². The van der Waals surface area contributed by atoms with Gasteiger partial charge < -0.3 is 9.47 Å². The zero-order valence-electron chi connectivity index (χ0n) is 16.0. The standard InChI is InChI=1S/C17H21N5O5S/c1-5-7-27-15-13(22(24)25)8-12(9-14(15)26-6-2)10-18-21-16(23)11(3)19-20-17(21)28-4/h8-10H,5-7H2,1-4H3/b18-10-. The number of nitro groups is 1. The van der Waals surface area contributed by atoms with Crippen LogP contribution in [0.5, 0.6) is 11.5 Å². The summed E-state index contributed by atoms with van der Waals surface area (Å²) in [5, 5.41) is 23.7. The molecule has 2 aromatic rings. The van der Waals surface area contributed by atoms with Gasteiger partial charge in [-0.05, 0) is 32.6 Å². The number of nitro benzene ring substituents is 1. The van der Waals surface area contributed by atoms with Gasteiger partial charge in [0, 0.05) is 11.6 Å². The largest absolute Gasteiger partial charge is 0.490 e. The van der Waals surface area contributed by atoms with Crippen molar-refractivity contribution in [2.75, 3.05) is 19.5 Å². The average Bonchev–Trinajstić information content (AvgIpc) is 2.68. The van der Waals surface area contributed by atoms with E-state index in [2.05, 4.69) is 15.3 Å². The molecular formula is C17H21N5O5S. The summed E-state index contributed by atoms with van der Waals surface area (Å²) in [5.74, 6) is 0.322. The van der Waals surface area contributed by atoms with Crippen molar-refractivity contribution in [3.05, 3.63) is 43.9 Å². The summed E-state index contributed by atoms with van der Waals surface area (Å²) in [6.45, 7) is 5.83. The predicted molar refractivity (Wildman–Crippen MR) is 106 cm³/mol. The highest BCUT2D eigenvalue weighted by atomic mass is 32.2. The lowest BCUT2D eigenvalue weighted by Crippen LogP contribution is -2.23. The lowest BCUT2D eigenvalue weighted by Gasteiger charge is -2.12. The first kappa shape index (κ1) is 21.4. The predicted octanol–water partition coefficient (Wildman–Crippen LogP) is 2.65. The molecule has 0 bridgehead atoms. The van der Waals surface area contributed by atoms with Crippen LogP contribution in [0.15, 0.2) is 27.2 Å². The van der Waals surface area contributed by atoms with Gasteiger partial charge in [0.15, 0.2) is 5.75 Å². The zero-order chi connectivity index (χ0) is 20.7. The van der Waals surface area contributed by atoms with E-state index >= 15 is 0 Å². The third-order valence-corrected chi connectivity index (χ3v) is 4.10. The van der Waals surface area contributed by atoms with Crippen molar-refractivity contribution in [3.63, 3.8) is 0 Å². The number of benzene rings is 1. The number of aromatic nitrogens is 3. The molecule has 1 heterocycles. The van der Waals surface area contributed by atoms with E-state index < -0.39 is 10.5 Å². The maximum atomic E-state index is 12.3. The minimum absolute atomic E-state index is 0.0780. The molecule has 0 amide bonds. The molecule has 150 valence electrons. The molecular weight excluding hydrogens is 386 g/mol. The van der Waals surface area contributed by atoms with E-state index in [1.54, 1.807) is 19.2 Å². The van der Waals surface area contributed by atoms with Crippen LogP contribution in [0.25, 0.3) is 0 Å². The monoisotopic (exact) mass is 407 g/mol. The first-order chi connectivity index (χ1) is 13.4. The summed E-state index contributed by atoms with van der Waals surface area (Å²) in [6.07, 6.45) is 3.77. The molecule has 0 aliphatic carbocycles. The van der Waals surface area contributed by atoms with Gasteiger partial charge in [0.05, 0.1) is 24.4 Å². The summed E-state index contributed by atoms with van der Waals surface area (Å²) in [4.78, 5) is 23.2. The minimum atomic E-state index is -0.539. The molecule has 1 aromatic carbocycles. The fraction of sp³-hybridized carbons (Fsp3) is 0.412. The zero-order valence-corrected chi connectivity index (χ0v) is 16.9. The Kier molecular flexibility index (Phi) is 7.50. The molecule has 0 atom stereocenters. The van der Waals surface area contributed by atoms with E-state index in [4.69, 9.17) is 9.47 Å². The summed E-state index contributed by atoms with van der Waals surface area (Å²) >= 11 is 1.21. The van der Waals surface area contributed by atoms with Crippen LogP contribution in [0.3, 0.4) is 0 Å². The number of thioether (sulfide) groups is 1. The van der Waals surface area contributed by atoms with E-state index in [0.29, 0.717) is 30.4 Å². The van der Waals surface area contributed by atoms with Gasteiger partial charge >= 0.3 is 5.69 Å². The van der Waals surface area contributed by atoms with Crippen LogP contribution in [0, 0.1) is 17.0 Å². The third-order valence-electron chi connectivity index (χ3n) is 3.48. The van der Waals surface area contributed by atoms with Gasteiger partial charge in [0.25, 0.3) is 5.56 Å². The Morgan fingerprint density at radius 2 is 2.07 bits per heavy atom. The first-order valence-electron chi connectivity index (χ1n) is 8.55. The molecule has 0 saturated heterocycles. The van der Waals surface area contributed by atoms with Gasteiger partial charge in [-0.1, -0.05) is 18.7 Å². The average molecular weight is 407 g/mol. The molecule has 10 nitrogen and oxygen atoms in total. The van der Waals surface area contributed by atoms with Crippen molar-refractivity contribution in [2.24, 2.45) is 5.10 Å². The molecule has 1 aromatic heterocycles. The van der Waals surface area contributed by atoms with Crippen LogP contribution < -0.4 is 15.0 Å². The highest BCUT2D eigenvalue weighted by Crippen LogP contribution is 2.38. The van der Waals surface area contributed by atoms with Crippen molar-refractivity contribution in [3.8, 4) is 11.5 Å². The molecule has 0 N–H and O–H groups in total. The Morgan fingerprint density at radius 1 is 1.32 bits per heavy atom. The van der Waals surface area contributed by atoms with Crippen LogP contribution in [0.2, 0.25) is 0 Å². The summed E-state index contributed by atoms with van der Waals surface area (Å²) in [6, 6.07) is 2.90. The lowest BCUT2D eigenvalue weighted by molar-refractivity contribution is -0.386. The summed E-state index contributed by atoms with van der Waals surface area (Å²) in [7, 11) is 0. The van der Waals surface area contributed by atoms with E-state index in [9.17, 15) is 14.9 Å². The topological polar surface area (TPSA) is 122 Å². The maximum Gasteiger partial charge on any atom is 0.315 e. The smallest absolute Gasteiger partial charge is 0.315 e. The van der Waals surface area contributed by atoms with Crippen molar-refractivity contribution >= 4 is 23.7 Å². The number of hydrogen-bond acceptors (Lipinski definition) is 9. The lowest BCUT2D eigenvalue weighted by atomic mass is 10.2. The van der Waals surface area contributed by atoms with E-state index in [1.807, 2.05) is 6.92 Å². The van der Waals surface area contributed by atoms with Gasteiger partial charge in [0.1, 0.15) is 5.69 Å². The molecule has 0 unspecified atom stereocenters. The summed E-state index contributed by atoms with van der Waals surface area (Å²) in [5.41, 5.74) is -0.0768. The van der Waals surface area contributed by atoms with Gasteiger partial charge in [-0.2, -0.15) is 9.78 Å². The Labute approximate surface area is 165 Å². The number of aryl methyl sites for hydroxylation is 1. The van der Waals surface area contributed by atoms with Crippen LogP contribution >= 0.6 is 11.8 Å². The fourth-order valence-corrected chi connectivity index (χ4v) is 2.65. The maximum absolute atomic E-state index is 12.3. The molecule has 0 aliphatic heterocycles. The molecule has 0 fully saturated rings. The second-order valence-electron chi connectivity index (χ2n) is 5.54. The van der Waals surface area contributed by atoms with Crippen molar-refractivity contribution in [1.29, 1.82) is 0 Å². The Morgan fingerprint density at radius 3 is 2.68 bits per heavy atom. The number of hydrogen-bond donors (Lipinski definition) is 0. The summed E-state index contributed by atoms with van der Waals surface area (Å²) < 4.78 is 12.1. The van der Waals surface area contributed by atoms with Crippen molar-refractivity contribution < 1.29 is 14.4 Å². The molecule has 0 aliphatic rings. The number of nitrogens with zero attached hydrogens (tertiary/aromatic N) is 5. The molecule has 0 spiro atoms. The molecule has 0 saturated carbocycles. The van der Waals surface area contributed by atoms with Crippen molar-refractivity contribution in [1.82, 2.24) is 14.9 Å². The van der Waals surface area contributed by atoms with Crippen LogP contribution in [-0.2, 0) is 0 Å². The van der Waals surface area contributed by atoms with Gasteiger partial charge in [0.2, 0.25) is 10.9 Å². The Bertz CT molecular complexity index is 944. The SMILES string of the molecule is CCCOc1c(OCC)cc(/C=N\n2c(SC)nnc(C)c2=O)cc1[N+](=O)[O-]. The minimum Gasteiger partial charge on any atom is -0.490 e. The molecule has 11 heteroatoms. The quantitative estimate of drug-likeness (QED) is 0.269. The van der Waals surface area contributed by atoms with E-state index in [1.165, 1.54) is 31.0 Å². The highest BCUT2D eigenvalue weighted by molar-refractivity contribution is 7.98. The third kappa shape index (κ3) is 4.85. The molecule has 2 rings (SSSR count). The van der Waals surface area contributed by atoms with E-state index in [-0.39, 0.29) is 22.9 Å². The van der Waals surface area contributed by atoms with Gasteiger partial charge in [-0.15, -0.1) is 10.2 Å². The van der Waals surface area contributed by atoms with Crippen LogP contribution in [0.1, 0.15) is 31.5 Å². The molecule has 28 heavy (non-hydrogen) atoms.